The number of non-ortho nitro benzene ring substituents is 1. The molecule has 2 aromatic heterocycles. The first-order chi connectivity index (χ1) is 15.9. The third-order valence-electron chi connectivity index (χ3n) is 5.22. The van der Waals surface area contributed by atoms with E-state index in [9.17, 15) is 19.7 Å². The zero-order valence-electron chi connectivity index (χ0n) is 18.0. The summed E-state index contributed by atoms with van der Waals surface area (Å²) in [6.07, 6.45) is 2.05. The number of hydrogen-bond donors (Lipinski definition) is 1. The average molecular weight is 464 g/mol. The Labute approximate surface area is 193 Å². The zero-order chi connectivity index (χ0) is 23.5. The van der Waals surface area contributed by atoms with Crippen molar-refractivity contribution in [3.8, 4) is 11.1 Å². The lowest BCUT2D eigenvalue weighted by atomic mass is 10.0. The number of benzene rings is 2. The van der Waals surface area contributed by atoms with Crippen LogP contribution in [0.3, 0.4) is 0 Å². The van der Waals surface area contributed by atoms with Crippen LogP contribution in [-0.2, 0) is 23.0 Å². The Morgan fingerprint density at radius 1 is 1.18 bits per heavy atom. The lowest BCUT2D eigenvalue weighted by molar-refractivity contribution is -0.384. The number of esters is 1. The number of carbonyl (C=O) groups excluding carboxylic acids is 2. The number of anilines is 1. The van der Waals surface area contributed by atoms with Gasteiger partial charge in [0.2, 0.25) is 5.91 Å². The van der Waals surface area contributed by atoms with Crippen LogP contribution >= 0.6 is 11.3 Å². The second-order valence-electron chi connectivity index (χ2n) is 7.39. The van der Waals surface area contributed by atoms with E-state index in [2.05, 4.69) is 5.32 Å². The molecule has 0 radical (unpaired) electrons. The molecule has 1 N–H and O–H groups in total. The maximum Gasteiger partial charge on any atom is 0.341 e. The summed E-state index contributed by atoms with van der Waals surface area (Å²) in [5.74, 6) is -0.870. The first kappa shape index (κ1) is 22.2. The number of fused-ring (bicyclic) bond motifs is 1. The van der Waals surface area contributed by atoms with Gasteiger partial charge in [0, 0.05) is 47.2 Å². The van der Waals surface area contributed by atoms with Gasteiger partial charge in [0.05, 0.1) is 18.0 Å². The summed E-state index contributed by atoms with van der Waals surface area (Å²) in [5, 5.41) is 17.0. The minimum atomic E-state index is -0.597. The van der Waals surface area contributed by atoms with E-state index in [0.717, 1.165) is 16.5 Å². The molecule has 9 heteroatoms. The van der Waals surface area contributed by atoms with Crippen molar-refractivity contribution in [1.29, 1.82) is 0 Å². The molecule has 0 bridgehead atoms. The van der Waals surface area contributed by atoms with Gasteiger partial charge in [-0.05, 0) is 24.1 Å². The summed E-state index contributed by atoms with van der Waals surface area (Å²) >= 11 is 1.18. The molecule has 4 aromatic rings. The number of nitro groups is 1. The van der Waals surface area contributed by atoms with Gasteiger partial charge in [0.15, 0.2) is 0 Å². The predicted molar refractivity (Wildman–Crippen MR) is 128 cm³/mol. The summed E-state index contributed by atoms with van der Waals surface area (Å²) < 4.78 is 7.17. The van der Waals surface area contributed by atoms with Crippen molar-refractivity contribution >= 4 is 44.8 Å². The molecular weight excluding hydrogens is 442 g/mol. The Bertz CT molecular complexity index is 1370. The molecule has 0 aliphatic heterocycles. The average Bonchev–Trinajstić information content (AvgIpc) is 3.35. The van der Waals surface area contributed by atoms with E-state index < -0.39 is 10.9 Å². The van der Waals surface area contributed by atoms with Crippen molar-refractivity contribution < 1.29 is 19.2 Å². The quantitative estimate of drug-likeness (QED) is 0.231. The molecule has 0 saturated carbocycles. The lowest BCUT2D eigenvalue weighted by Crippen LogP contribution is -2.16. The fourth-order valence-electron chi connectivity index (χ4n) is 3.77. The number of nitrogens with one attached hydrogen (secondary N) is 1. The van der Waals surface area contributed by atoms with Crippen LogP contribution in [0.5, 0.6) is 0 Å². The summed E-state index contributed by atoms with van der Waals surface area (Å²) in [5.41, 5.74) is 2.97. The highest BCUT2D eigenvalue weighted by atomic mass is 32.1. The zero-order valence-corrected chi connectivity index (χ0v) is 18.8. The van der Waals surface area contributed by atoms with Gasteiger partial charge in [-0.15, -0.1) is 11.3 Å². The molecule has 0 atom stereocenters. The van der Waals surface area contributed by atoms with Crippen molar-refractivity contribution in [1.82, 2.24) is 4.57 Å². The third-order valence-corrected chi connectivity index (χ3v) is 6.12. The normalized spacial score (nSPS) is 10.8. The van der Waals surface area contributed by atoms with E-state index in [0.29, 0.717) is 16.1 Å². The molecule has 1 amide bonds. The van der Waals surface area contributed by atoms with Crippen molar-refractivity contribution in [3.63, 3.8) is 0 Å². The van der Waals surface area contributed by atoms with Crippen molar-refractivity contribution in [3.05, 3.63) is 81.3 Å². The molecule has 0 aliphatic carbocycles. The minimum Gasteiger partial charge on any atom is -0.462 e. The molecule has 8 nitrogen and oxygen atoms in total. The molecule has 4 rings (SSSR count). The maximum atomic E-state index is 12.9. The van der Waals surface area contributed by atoms with Crippen LogP contribution in [-0.4, -0.2) is 28.0 Å². The largest absolute Gasteiger partial charge is 0.462 e. The molecule has 0 unspecified atom stereocenters. The Hall–Kier alpha value is -3.98. The van der Waals surface area contributed by atoms with Crippen LogP contribution in [0.25, 0.3) is 22.0 Å². The molecule has 0 fully saturated rings. The Kier molecular flexibility index (Phi) is 6.23. The summed E-state index contributed by atoms with van der Waals surface area (Å²) in [4.78, 5) is 36.3. The van der Waals surface area contributed by atoms with Gasteiger partial charge in [-0.25, -0.2) is 4.79 Å². The van der Waals surface area contributed by atoms with Gasteiger partial charge < -0.3 is 14.6 Å². The van der Waals surface area contributed by atoms with Gasteiger partial charge in [0.25, 0.3) is 5.69 Å². The van der Waals surface area contributed by atoms with Gasteiger partial charge in [0.1, 0.15) is 10.6 Å². The number of nitro benzene ring substituents is 1. The topological polar surface area (TPSA) is 103 Å². The molecule has 33 heavy (non-hydrogen) atoms. The second kappa shape index (κ2) is 9.25. The molecule has 0 aliphatic rings. The molecular formula is C24H21N3O5S. The van der Waals surface area contributed by atoms with Crippen LogP contribution in [0.2, 0.25) is 0 Å². The predicted octanol–water partition coefficient (Wildman–Crippen LogP) is 5.17. The SMILES string of the molecule is CCOC(=O)c1c(-c2cccc([N+](=O)[O-])c2)csc1NC(=O)Cc1cn(C)c2ccccc12. The molecule has 2 aromatic carbocycles. The molecule has 0 spiro atoms. The lowest BCUT2D eigenvalue weighted by Gasteiger charge is -2.09. The Balaban J connectivity index is 1.66. The van der Waals surface area contributed by atoms with Crippen LogP contribution in [0.15, 0.2) is 60.1 Å². The summed E-state index contributed by atoms with van der Waals surface area (Å²) in [6, 6.07) is 13.8. The first-order valence-electron chi connectivity index (χ1n) is 10.2. The van der Waals surface area contributed by atoms with Gasteiger partial charge >= 0.3 is 5.97 Å². The third kappa shape index (κ3) is 4.49. The number of para-hydroxylation sites is 1. The highest BCUT2D eigenvalue weighted by molar-refractivity contribution is 7.15. The number of aromatic nitrogens is 1. The van der Waals surface area contributed by atoms with Crippen molar-refractivity contribution in [2.45, 2.75) is 13.3 Å². The standard InChI is InChI=1S/C24H21N3O5S/c1-3-32-24(29)22-19(15-7-6-8-17(11-15)27(30)31)14-33-23(22)25-21(28)12-16-13-26(2)20-10-5-4-9-18(16)20/h4-11,13-14H,3,12H2,1-2H3,(H,25,28). The van der Waals surface area contributed by atoms with Crippen LogP contribution in [0.4, 0.5) is 10.7 Å². The Morgan fingerprint density at radius 3 is 2.73 bits per heavy atom. The highest BCUT2D eigenvalue weighted by Crippen LogP contribution is 2.37. The summed E-state index contributed by atoms with van der Waals surface area (Å²) in [6.45, 7) is 1.85. The second-order valence-corrected chi connectivity index (χ2v) is 8.27. The number of amides is 1. The highest BCUT2D eigenvalue weighted by Gasteiger charge is 2.24. The summed E-state index contributed by atoms with van der Waals surface area (Å²) in [7, 11) is 1.92. The van der Waals surface area contributed by atoms with E-state index in [1.807, 2.05) is 42.1 Å². The van der Waals surface area contributed by atoms with E-state index in [-0.39, 0.29) is 30.2 Å². The minimum absolute atomic E-state index is 0.0879. The smallest absolute Gasteiger partial charge is 0.341 e. The molecule has 2 heterocycles. The maximum absolute atomic E-state index is 12.9. The number of thiophene rings is 1. The number of carbonyl (C=O) groups is 2. The number of aryl methyl sites for hydroxylation is 1. The van der Waals surface area contributed by atoms with E-state index in [1.54, 1.807) is 24.4 Å². The van der Waals surface area contributed by atoms with Crippen LogP contribution in [0, 0.1) is 10.1 Å². The number of nitrogens with zero attached hydrogens (tertiary/aromatic N) is 2. The van der Waals surface area contributed by atoms with E-state index >= 15 is 0 Å². The van der Waals surface area contributed by atoms with Crippen molar-refractivity contribution in [2.24, 2.45) is 7.05 Å². The number of hydrogen-bond acceptors (Lipinski definition) is 6. The number of rotatable bonds is 7. The van der Waals surface area contributed by atoms with Crippen LogP contribution < -0.4 is 5.32 Å². The van der Waals surface area contributed by atoms with Crippen molar-refractivity contribution in [2.75, 3.05) is 11.9 Å². The van der Waals surface area contributed by atoms with Gasteiger partial charge in [-0.1, -0.05) is 30.3 Å². The van der Waals surface area contributed by atoms with E-state index in [4.69, 9.17) is 4.74 Å². The van der Waals surface area contributed by atoms with E-state index in [1.165, 1.54) is 23.5 Å². The molecule has 168 valence electrons. The monoisotopic (exact) mass is 463 g/mol. The number of ether oxygens (including phenoxy) is 1. The fourth-order valence-corrected chi connectivity index (χ4v) is 4.74. The first-order valence-corrected chi connectivity index (χ1v) is 11.1. The van der Waals surface area contributed by atoms with Gasteiger partial charge in [-0.2, -0.15) is 0 Å². The van der Waals surface area contributed by atoms with Gasteiger partial charge in [-0.3, -0.25) is 14.9 Å². The fraction of sp³-hybridized carbons (Fsp3) is 0.167. The van der Waals surface area contributed by atoms with Crippen LogP contribution in [0.1, 0.15) is 22.8 Å². The molecule has 0 saturated heterocycles. The Morgan fingerprint density at radius 2 is 1.97 bits per heavy atom.